The van der Waals surface area contributed by atoms with E-state index < -0.39 is 35.1 Å². The first-order chi connectivity index (χ1) is 15.2. The van der Waals surface area contributed by atoms with E-state index in [9.17, 15) is 13.2 Å². The van der Waals surface area contributed by atoms with Crippen molar-refractivity contribution in [2.45, 2.75) is 6.04 Å². The molecule has 144 valence electrons. The molecule has 2 N–H and O–H groups in total. The minimum absolute atomic E-state index is 0.0218. The van der Waals surface area contributed by atoms with E-state index in [1.807, 2.05) is 5.32 Å². The molecule has 0 bridgehead atoms. The Morgan fingerprint density at radius 3 is 3.00 bits per heavy atom. The van der Waals surface area contributed by atoms with Gasteiger partial charge in [-0.1, -0.05) is 11.6 Å². The molecule has 0 aliphatic carbocycles. The molecule has 0 spiro atoms. The van der Waals surface area contributed by atoms with Gasteiger partial charge in [0.15, 0.2) is 0 Å². The Labute approximate surface area is 170 Å². The van der Waals surface area contributed by atoms with Crippen molar-refractivity contribution >= 4 is 27.5 Å². The first-order valence-electron chi connectivity index (χ1n) is 10.7. The lowest BCUT2D eigenvalue weighted by Gasteiger charge is -2.34. The van der Waals surface area contributed by atoms with Crippen molar-refractivity contribution in [1.29, 1.82) is 0 Å². The molecule has 2 aromatic rings. The number of hydrogen-bond acceptors (Lipinski definition) is 7. The second kappa shape index (κ2) is 7.85. The van der Waals surface area contributed by atoms with E-state index in [4.69, 9.17) is 19.8 Å². The standard InChI is InChI=1S/C16H19ClN6O3S/c1-18-16(24)13-7-11(20-9-21-13)12-5-10(6-15(17)22-12)14-8-19-3-4-23(14)27(2,25)26/h5-7,9,14,19H,3-4,8H2,1-2H3,(H,18,24)/t14-/m1/s1/i1D3,2D3. The predicted octanol–water partition coefficient (Wildman–Crippen LogP) is 0.458. The maximum absolute atomic E-state index is 12.6. The number of hydrogen-bond donors (Lipinski definition) is 2. The third kappa shape index (κ3) is 4.41. The van der Waals surface area contributed by atoms with Gasteiger partial charge >= 0.3 is 0 Å². The highest BCUT2D eigenvalue weighted by atomic mass is 35.5. The van der Waals surface area contributed by atoms with Crippen LogP contribution in [-0.4, -0.2) is 66.4 Å². The third-order valence-electron chi connectivity index (χ3n) is 3.98. The fourth-order valence-corrected chi connectivity index (χ4v) is 3.86. The number of rotatable bonds is 4. The number of carbonyl (C=O) groups is 1. The Morgan fingerprint density at radius 1 is 1.37 bits per heavy atom. The maximum atomic E-state index is 12.6. The van der Waals surface area contributed by atoms with Crippen LogP contribution in [0, 0.1) is 0 Å². The molecule has 0 aromatic carbocycles. The van der Waals surface area contributed by atoms with E-state index in [2.05, 4.69) is 20.3 Å². The fraction of sp³-hybridized carbons (Fsp3) is 0.375. The predicted molar refractivity (Wildman–Crippen MR) is 101 cm³/mol. The molecule has 1 atom stereocenters. The van der Waals surface area contributed by atoms with Crippen molar-refractivity contribution in [1.82, 2.24) is 29.9 Å². The second-order valence-corrected chi connectivity index (χ2v) is 7.49. The number of aromatic nitrogens is 3. The quantitative estimate of drug-likeness (QED) is 0.695. The molecular weight excluding hydrogens is 392 g/mol. The van der Waals surface area contributed by atoms with E-state index in [0.717, 1.165) is 10.6 Å². The zero-order chi connectivity index (χ0) is 24.6. The van der Waals surface area contributed by atoms with Crippen molar-refractivity contribution in [3.8, 4) is 11.4 Å². The zero-order valence-electron chi connectivity index (χ0n) is 19.8. The van der Waals surface area contributed by atoms with Gasteiger partial charge in [-0.05, 0) is 23.8 Å². The highest BCUT2D eigenvalue weighted by Gasteiger charge is 2.31. The molecule has 1 amide bonds. The van der Waals surface area contributed by atoms with Gasteiger partial charge in [-0.25, -0.2) is 23.4 Å². The van der Waals surface area contributed by atoms with Crippen molar-refractivity contribution in [3.05, 3.63) is 40.9 Å². The summed E-state index contributed by atoms with van der Waals surface area (Å²) in [6.07, 6.45) is -2.19. The first-order valence-corrected chi connectivity index (χ1v) is 9.55. The summed E-state index contributed by atoms with van der Waals surface area (Å²) >= 11 is 6.15. The molecule has 2 aromatic heterocycles. The van der Waals surface area contributed by atoms with Gasteiger partial charge in [0.25, 0.3) is 5.91 Å². The minimum atomic E-state index is -4.62. The van der Waals surface area contributed by atoms with Crippen molar-refractivity contribution in [2.24, 2.45) is 0 Å². The second-order valence-electron chi connectivity index (χ2n) is 5.69. The lowest BCUT2D eigenvalue weighted by Crippen LogP contribution is -2.48. The number of amides is 1. The topological polar surface area (TPSA) is 117 Å². The van der Waals surface area contributed by atoms with Crippen LogP contribution in [0.15, 0.2) is 24.5 Å². The number of sulfonamides is 1. The highest BCUT2D eigenvalue weighted by Crippen LogP contribution is 2.29. The van der Waals surface area contributed by atoms with Gasteiger partial charge in [-0.15, -0.1) is 0 Å². The van der Waals surface area contributed by atoms with Crippen molar-refractivity contribution in [3.63, 3.8) is 0 Å². The molecule has 11 heteroatoms. The SMILES string of the molecule is [2H]C([2H])([2H])NC(=O)c1cc(-c2cc([C@H]3CNCCN3S(=O)(=O)C([2H])([2H])[2H])cc(Cl)n2)ncn1. The largest absolute Gasteiger partial charge is 0.354 e. The van der Waals surface area contributed by atoms with Gasteiger partial charge in [0.2, 0.25) is 10.0 Å². The van der Waals surface area contributed by atoms with E-state index >= 15 is 0 Å². The Balaban J connectivity index is 2.01. The van der Waals surface area contributed by atoms with Crippen LogP contribution in [0.3, 0.4) is 0 Å². The van der Waals surface area contributed by atoms with Crippen LogP contribution in [0.25, 0.3) is 11.4 Å². The third-order valence-corrected chi connectivity index (χ3v) is 5.23. The summed E-state index contributed by atoms with van der Waals surface area (Å²) in [5, 5.41) is 4.82. The van der Waals surface area contributed by atoms with Crippen LogP contribution in [0.2, 0.25) is 5.15 Å². The lowest BCUT2D eigenvalue weighted by atomic mass is 10.0. The monoisotopic (exact) mass is 416 g/mol. The summed E-state index contributed by atoms with van der Waals surface area (Å²) in [5.41, 5.74) is 0.403. The summed E-state index contributed by atoms with van der Waals surface area (Å²) in [4.78, 5) is 24.1. The lowest BCUT2D eigenvalue weighted by molar-refractivity contribution is 0.0958. The van der Waals surface area contributed by atoms with E-state index in [1.54, 1.807) is 0 Å². The summed E-state index contributed by atoms with van der Waals surface area (Å²) in [6, 6.07) is 3.20. The summed E-state index contributed by atoms with van der Waals surface area (Å²) < 4.78 is 69.9. The average molecular weight is 417 g/mol. The van der Waals surface area contributed by atoms with Crippen LogP contribution in [0.1, 0.15) is 30.3 Å². The number of carbonyl (C=O) groups excluding carboxylic acids is 1. The van der Waals surface area contributed by atoms with Gasteiger partial charge in [0.05, 0.1) is 23.6 Å². The van der Waals surface area contributed by atoms with Crippen LogP contribution < -0.4 is 10.6 Å². The molecule has 1 aliphatic heterocycles. The Kier molecular flexibility index (Phi) is 3.81. The van der Waals surface area contributed by atoms with Crippen molar-refractivity contribution in [2.75, 3.05) is 32.8 Å². The molecule has 3 heterocycles. The van der Waals surface area contributed by atoms with E-state index in [-0.39, 0.29) is 41.9 Å². The van der Waals surface area contributed by atoms with Gasteiger partial charge < -0.3 is 10.6 Å². The van der Waals surface area contributed by atoms with E-state index in [0.29, 0.717) is 5.56 Å². The summed E-state index contributed by atoms with van der Waals surface area (Å²) in [7, 11) is -4.62. The molecule has 0 saturated carbocycles. The smallest absolute Gasteiger partial charge is 0.269 e. The molecule has 0 radical (unpaired) electrons. The number of piperazine rings is 1. The molecule has 9 nitrogen and oxygen atoms in total. The van der Waals surface area contributed by atoms with Gasteiger partial charge in [0.1, 0.15) is 17.2 Å². The Bertz CT molecular complexity index is 1160. The average Bonchev–Trinajstić information content (AvgIpc) is 2.71. The summed E-state index contributed by atoms with van der Waals surface area (Å²) in [5.74, 6) is -0.952. The number of nitrogens with zero attached hydrogens (tertiary/aromatic N) is 4. The van der Waals surface area contributed by atoms with Crippen LogP contribution >= 0.6 is 11.6 Å². The summed E-state index contributed by atoms with van der Waals surface area (Å²) in [6.45, 7) is -2.38. The van der Waals surface area contributed by atoms with Gasteiger partial charge in [0, 0.05) is 34.8 Å². The minimum Gasteiger partial charge on any atom is -0.354 e. The highest BCUT2D eigenvalue weighted by molar-refractivity contribution is 7.88. The van der Waals surface area contributed by atoms with Gasteiger partial charge in [-0.3, -0.25) is 4.79 Å². The molecule has 1 fully saturated rings. The number of nitrogens with one attached hydrogen (secondary N) is 2. The van der Waals surface area contributed by atoms with Crippen LogP contribution in [-0.2, 0) is 10.0 Å². The molecular formula is C16H19ClN6O3S. The van der Waals surface area contributed by atoms with Crippen LogP contribution in [0.5, 0.6) is 0 Å². The zero-order valence-corrected chi connectivity index (χ0v) is 15.4. The molecule has 1 saturated heterocycles. The fourth-order valence-electron chi connectivity index (χ4n) is 2.78. The van der Waals surface area contributed by atoms with Crippen molar-refractivity contribution < 1.29 is 21.4 Å². The van der Waals surface area contributed by atoms with Crippen LogP contribution in [0.4, 0.5) is 0 Å². The van der Waals surface area contributed by atoms with Gasteiger partial charge in [-0.2, -0.15) is 4.31 Å². The normalized spacial score (nSPS) is 22.5. The Morgan fingerprint density at radius 2 is 2.22 bits per heavy atom. The molecule has 0 unspecified atom stereocenters. The maximum Gasteiger partial charge on any atom is 0.269 e. The number of pyridine rings is 1. The Hall–Kier alpha value is -2.14. The molecule has 3 rings (SSSR count). The van der Waals surface area contributed by atoms with E-state index in [1.165, 1.54) is 18.2 Å². The number of halogens is 1. The molecule has 1 aliphatic rings. The molecule has 27 heavy (non-hydrogen) atoms. The first kappa shape index (κ1) is 13.1.